The van der Waals surface area contributed by atoms with Crippen LogP contribution in [0.1, 0.15) is 46.6 Å². The van der Waals surface area contributed by atoms with Gasteiger partial charge < -0.3 is 14.8 Å². The second-order valence-electron chi connectivity index (χ2n) is 7.01. The SMILES string of the molecule is CO[C@@](C)(CC(C)C)C(=O)Nc1ccc(OCC(C)C)c(C#N)c1. The van der Waals surface area contributed by atoms with Gasteiger partial charge in [0.25, 0.3) is 5.91 Å². The Morgan fingerprint density at radius 2 is 1.96 bits per heavy atom. The van der Waals surface area contributed by atoms with Crippen LogP contribution in [0.3, 0.4) is 0 Å². The van der Waals surface area contributed by atoms with E-state index >= 15 is 0 Å². The molecular weight excluding hydrogens is 304 g/mol. The lowest BCUT2D eigenvalue weighted by Crippen LogP contribution is -2.43. The van der Waals surface area contributed by atoms with Gasteiger partial charge in [0.15, 0.2) is 0 Å². The Morgan fingerprint density at radius 1 is 1.29 bits per heavy atom. The van der Waals surface area contributed by atoms with Crippen molar-refractivity contribution < 1.29 is 14.3 Å². The summed E-state index contributed by atoms with van der Waals surface area (Å²) in [7, 11) is 1.53. The quantitative estimate of drug-likeness (QED) is 0.781. The van der Waals surface area contributed by atoms with Gasteiger partial charge >= 0.3 is 0 Å². The van der Waals surface area contributed by atoms with Crippen LogP contribution in [0.5, 0.6) is 5.75 Å². The van der Waals surface area contributed by atoms with Crippen molar-refractivity contribution in [3.8, 4) is 11.8 Å². The Bertz CT molecular complexity index is 605. The predicted octanol–water partition coefficient (Wildman–Crippen LogP) is 3.98. The minimum Gasteiger partial charge on any atom is -0.492 e. The van der Waals surface area contributed by atoms with E-state index in [1.54, 1.807) is 25.1 Å². The Balaban J connectivity index is 2.92. The van der Waals surface area contributed by atoms with Crippen LogP contribution in [0.25, 0.3) is 0 Å². The molecule has 1 N–H and O–H groups in total. The summed E-state index contributed by atoms with van der Waals surface area (Å²) >= 11 is 0. The molecule has 0 aromatic heterocycles. The zero-order valence-electron chi connectivity index (χ0n) is 15.5. The molecule has 1 aromatic carbocycles. The largest absolute Gasteiger partial charge is 0.492 e. The van der Waals surface area contributed by atoms with Gasteiger partial charge in [0.1, 0.15) is 17.4 Å². The maximum absolute atomic E-state index is 12.6. The zero-order chi connectivity index (χ0) is 18.3. The summed E-state index contributed by atoms with van der Waals surface area (Å²) in [6.07, 6.45) is 0.607. The van der Waals surface area contributed by atoms with Gasteiger partial charge in [-0.1, -0.05) is 27.7 Å². The molecule has 1 atom stereocenters. The summed E-state index contributed by atoms with van der Waals surface area (Å²) in [5.74, 6) is 0.996. The fraction of sp³-hybridized carbons (Fsp3) is 0.579. The molecule has 0 bridgehead atoms. The van der Waals surface area contributed by atoms with E-state index < -0.39 is 5.60 Å². The van der Waals surface area contributed by atoms with Gasteiger partial charge in [-0.05, 0) is 43.4 Å². The predicted molar refractivity (Wildman–Crippen MR) is 95.0 cm³/mol. The molecule has 0 fully saturated rings. The van der Waals surface area contributed by atoms with Crippen molar-refractivity contribution in [1.29, 1.82) is 5.26 Å². The van der Waals surface area contributed by atoms with Crippen LogP contribution in [-0.2, 0) is 9.53 Å². The third kappa shape index (κ3) is 5.54. The molecule has 0 heterocycles. The molecule has 0 spiro atoms. The summed E-state index contributed by atoms with van der Waals surface area (Å²) in [5, 5.41) is 12.1. The minimum atomic E-state index is -0.909. The molecule has 0 aliphatic heterocycles. The van der Waals surface area contributed by atoms with E-state index in [1.807, 2.05) is 27.7 Å². The second kappa shape index (κ2) is 8.70. The van der Waals surface area contributed by atoms with Crippen molar-refractivity contribution in [2.45, 2.75) is 46.6 Å². The van der Waals surface area contributed by atoms with Crippen LogP contribution < -0.4 is 10.1 Å². The molecule has 1 aromatic rings. The van der Waals surface area contributed by atoms with Gasteiger partial charge in [0, 0.05) is 12.8 Å². The molecule has 132 valence electrons. The third-order valence-electron chi connectivity index (χ3n) is 3.66. The number of ether oxygens (including phenoxy) is 2. The fourth-order valence-corrected chi connectivity index (χ4v) is 2.39. The van der Waals surface area contributed by atoms with Crippen molar-refractivity contribution in [1.82, 2.24) is 0 Å². The second-order valence-corrected chi connectivity index (χ2v) is 7.01. The monoisotopic (exact) mass is 332 g/mol. The highest BCUT2D eigenvalue weighted by Crippen LogP contribution is 2.26. The van der Waals surface area contributed by atoms with Crippen molar-refractivity contribution in [2.24, 2.45) is 11.8 Å². The van der Waals surface area contributed by atoms with Gasteiger partial charge in [0.05, 0.1) is 12.2 Å². The number of carbonyl (C=O) groups is 1. The lowest BCUT2D eigenvalue weighted by molar-refractivity contribution is -0.137. The number of amides is 1. The molecule has 0 aliphatic carbocycles. The van der Waals surface area contributed by atoms with Crippen molar-refractivity contribution >= 4 is 11.6 Å². The van der Waals surface area contributed by atoms with Gasteiger partial charge in [-0.3, -0.25) is 4.79 Å². The summed E-state index contributed by atoms with van der Waals surface area (Å²) in [5.41, 5.74) is 0.0465. The van der Waals surface area contributed by atoms with Crippen LogP contribution in [0.4, 0.5) is 5.69 Å². The van der Waals surface area contributed by atoms with Gasteiger partial charge in [-0.25, -0.2) is 0 Å². The first-order valence-electron chi connectivity index (χ1n) is 8.25. The summed E-state index contributed by atoms with van der Waals surface area (Å²) in [4.78, 5) is 12.6. The standard InChI is InChI=1S/C19H28N2O3/c1-13(2)10-19(5,23-6)18(22)21-16-7-8-17(15(9-16)11-20)24-12-14(3)4/h7-9,13-14H,10,12H2,1-6H3,(H,21,22)/t19-/m0/s1. The number of nitrogens with one attached hydrogen (secondary N) is 1. The van der Waals surface area contributed by atoms with Gasteiger partial charge in [-0.15, -0.1) is 0 Å². The topological polar surface area (TPSA) is 71.3 Å². The Kier molecular flexibility index (Phi) is 7.24. The van der Waals surface area contributed by atoms with E-state index in [1.165, 1.54) is 7.11 Å². The molecule has 0 radical (unpaired) electrons. The van der Waals surface area contributed by atoms with Crippen molar-refractivity contribution in [2.75, 3.05) is 19.0 Å². The Labute approximate surface area is 145 Å². The molecule has 0 aliphatic rings. The average Bonchev–Trinajstić information content (AvgIpc) is 2.52. The van der Waals surface area contributed by atoms with E-state index in [-0.39, 0.29) is 5.91 Å². The van der Waals surface area contributed by atoms with Crippen LogP contribution in [-0.4, -0.2) is 25.2 Å². The smallest absolute Gasteiger partial charge is 0.256 e. The summed E-state index contributed by atoms with van der Waals surface area (Å²) < 4.78 is 11.1. The van der Waals surface area contributed by atoms with Gasteiger partial charge in [0.2, 0.25) is 0 Å². The maximum atomic E-state index is 12.6. The molecule has 0 unspecified atom stereocenters. The number of rotatable bonds is 8. The molecule has 5 nitrogen and oxygen atoms in total. The summed E-state index contributed by atoms with van der Waals surface area (Å²) in [6, 6.07) is 7.18. The number of methoxy groups -OCH3 is 1. The first kappa shape index (κ1) is 20.0. The fourth-order valence-electron chi connectivity index (χ4n) is 2.39. The lowest BCUT2D eigenvalue weighted by Gasteiger charge is -2.28. The molecule has 5 heteroatoms. The number of benzene rings is 1. The first-order valence-corrected chi connectivity index (χ1v) is 8.25. The van der Waals surface area contributed by atoms with Gasteiger partial charge in [-0.2, -0.15) is 5.26 Å². The first-order chi connectivity index (χ1) is 11.2. The number of anilines is 1. The number of nitrogens with zero attached hydrogens (tertiary/aromatic N) is 1. The molecule has 1 amide bonds. The Hall–Kier alpha value is -2.06. The molecule has 0 saturated heterocycles. The number of carbonyl (C=O) groups excluding carboxylic acids is 1. The van der Waals surface area contributed by atoms with Crippen molar-refractivity contribution in [3.05, 3.63) is 23.8 Å². The van der Waals surface area contributed by atoms with Crippen LogP contribution >= 0.6 is 0 Å². The van der Waals surface area contributed by atoms with E-state index in [0.29, 0.717) is 41.9 Å². The Morgan fingerprint density at radius 3 is 2.46 bits per heavy atom. The van der Waals surface area contributed by atoms with Crippen LogP contribution in [0, 0.1) is 23.2 Å². The molecule has 24 heavy (non-hydrogen) atoms. The normalized spacial score (nSPS) is 13.5. The maximum Gasteiger partial charge on any atom is 0.256 e. The van der Waals surface area contributed by atoms with Crippen LogP contribution in [0.2, 0.25) is 0 Å². The summed E-state index contributed by atoms with van der Waals surface area (Å²) in [6.45, 7) is 10.5. The highest BCUT2D eigenvalue weighted by Gasteiger charge is 2.34. The van der Waals surface area contributed by atoms with E-state index in [4.69, 9.17) is 9.47 Å². The lowest BCUT2D eigenvalue weighted by atomic mass is 9.93. The third-order valence-corrected chi connectivity index (χ3v) is 3.66. The number of hydrogen-bond donors (Lipinski definition) is 1. The van der Waals surface area contributed by atoms with E-state index in [0.717, 1.165) is 0 Å². The number of nitriles is 1. The average molecular weight is 332 g/mol. The minimum absolute atomic E-state index is 0.224. The van der Waals surface area contributed by atoms with E-state index in [9.17, 15) is 10.1 Å². The number of hydrogen-bond acceptors (Lipinski definition) is 4. The van der Waals surface area contributed by atoms with Crippen LogP contribution in [0.15, 0.2) is 18.2 Å². The highest BCUT2D eigenvalue weighted by atomic mass is 16.5. The zero-order valence-corrected chi connectivity index (χ0v) is 15.5. The molecule has 0 saturated carbocycles. The molecule has 1 rings (SSSR count). The molecular formula is C19H28N2O3. The van der Waals surface area contributed by atoms with Crippen molar-refractivity contribution in [3.63, 3.8) is 0 Å². The van der Waals surface area contributed by atoms with E-state index in [2.05, 4.69) is 11.4 Å². The highest BCUT2D eigenvalue weighted by molar-refractivity contribution is 5.97.